The number of hydrogen-bond donors (Lipinski definition) is 0. The molecule has 19 heavy (non-hydrogen) atoms. The van der Waals surface area contributed by atoms with E-state index >= 15 is 0 Å². The highest BCUT2D eigenvalue weighted by molar-refractivity contribution is 7.18. The van der Waals surface area contributed by atoms with Gasteiger partial charge in [0.05, 0.1) is 15.2 Å². The van der Waals surface area contributed by atoms with Gasteiger partial charge in [-0.3, -0.25) is 0 Å². The lowest BCUT2D eigenvalue weighted by Gasteiger charge is -2.20. The summed E-state index contributed by atoms with van der Waals surface area (Å²) in [5.74, 6) is 0.628. The van der Waals surface area contributed by atoms with E-state index in [2.05, 4.69) is 37.0 Å². The number of benzene rings is 1. The molecule has 104 valence electrons. The van der Waals surface area contributed by atoms with E-state index in [4.69, 9.17) is 11.6 Å². The Hall–Kier alpha value is -0.600. The number of para-hydroxylation sites is 1. The van der Waals surface area contributed by atoms with Crippen molar-refractivity contribution in [2.45, 2.75) is 51.3 Å². The number of halogens is 1. The van der Waals surface area contributed by atoms with Gasteiger partial charge in [-0.1, -0.05) is 38.8 Å². The van der Waals surface area contributed by atoms with E-state index in [-0.39, 0.29) is 5.38 Å². The third kappa shape index (κ3) is 3.93. The number of aromatic nitrogens is 1. The second-order valence-corrected chi connectivity index (χ2v) is 6.81. The van der Waals surface area contributed by atoms with Crippen molar-refractivity contribution in [3.8, 4) is 0 Å². The van der Waals surface area contributed by atoms with Crippen molar-refractivity contribution in [3.05, 3.63) is 29.3 Å². The van der Waals surface area contributed by atoms with Gasteiger partial charge in [0, 0.05) is 11.8 Å². The Labute approximate surface area is 125 Å². The quantitative estimate of drug-likeness (QED) is 0.600. The second kappa shape index (κ2) is 7.25. The number of alkyl halides is 1. The van der Waals surface area contributed by atoms with E-state index in [9.17, 15) is 0 Å². The predicted molar refractivity (Wildman–Crippen MR) is 86.3 cm³/mol. The van der Waals surface area contributed by atoms with Gasteiger partial charge in [0.2, 0.25) is 0 Å². The minimum Gasteiger partial charge on any atom is -0.241 e. The molecule has 0 aliphatic carbocycles. The number of nitrogens with zero attached hydrogens (tertiary/aromatic N) is 1. The summed E-state index contributed by atoms with van der Waals surface area (Å²) in [6, 6.07) is 8.32. The van der Waals surface area contributed by atoms with Crippen LogP contribution < -0.4 is 0 Å². The average molecular weight is 296 g/mol. The minimum atomic E-state index is 0.223. The first-order chi connectivity index (χ1) is 9.24. The van der Waals surface area contributed by atoms with Gasteiger partial charge in [-0.2, -0.15) is 0 Å². The second-order valence-electron chi connectivity index (χ2n) is 5.13. The standard InChI is InChI=1S/C16H22ClNS/c1-3-7-12(8-4-2)13(17)11-16-18-14-9-5-6-10-15(14)19-16/h5-6,9-10,12-13H,3-4,7-8,11H2,1-2H3. The maximum atomic E-state index is 6.63. The summed E-state index contributed by atoms with van der Waals surface area (Å²) >= 11 is 8.42. The van der Waals surface area contributed by atoms with Crippen LogP contribution in [0.2, 0.25) is 0 Å². The summed E-state index contributed by atoms with van der Waals surface area (Å²) < 4.78 is 1.27. The van der Waals surface area contributed by atoms with Gasteiger partial charge in [0.25, 0.3) is 0 Å². The third-order valence-electron chi connectivity index (χ3n) is 3.54. The van der Waals surface area contributed by atoms with E-state index in [0.29, 0.717) is 5.92 Å². The molecule has 1 aromatic heterocycles. The Kier molecular flexibility index (Phi) is 5.65. The molecule has 1 unspecified atom stereocenters. The maximum absolute atomic E-state index is 6.63. The van der Waals surface area contributed by atoms with Crippen LogP contribution in [0.15, 0.2) is 24.3 Å². The molecule has 0 aliphatic rings. The van der Waals surface area contributed by atoms with Gasteiger partial charge in [-0.05, 0) is 30.9 Å². The molecule has 0 fully saturated rings. The van der Waals surface area contributed by atoms with Crippen LogP contribution in [0.3, 0.4) is 0 Å². The molecule has 0 N–H and O–H groups in total. The van der Waals surface area contributed by atoms with Crippen molar-refractivity contribution < 1.29 is 0 Å². The molecule has 1 aromatic carbocycles. The summed E-state index contributed by atoms with van der Waals surface area (Å²) in [5.41, 5.74) is 1.11. The van der Waals surface area contributed by atoms with Crippen LogP contribution >= 0.6 is 22.9 Å². The topological polar surface area (TPSA) is 12.9 Å². The summed E-state index contributed by atoms with van der Waals surface area (Å²) in [7, 11) is 0. The van der Waals surface area contributed by atoms with Crippen LogP contribution in [-0.4, -0.2) is 10.4 Å². The van der Waals surface area contributed by atoms with E-state index in [1.54, 1.807) is 11.3 Å². The van der Waals surface area contributed by atoms with Crippen LogP contribution in [0.25, 0.3) is 10.2 Å². The largest absolute Gasteiger partial charge is 0.241 e. The van der Waals surface area contributed by atoms with Gasteiger partial charge < -0.3 is 0 Å². The molecule has 1 atom stereocenters. The normalized spacial score (nSPS) is 13.3. The van der Waals surface area contributed by atoms with Crippen molar-refractivity contribution in [2.75, 3.05) is 0 Å². The van der Waals surface area contributed by atoms with Crippen molar-refractivity contribution in [1.82, 2.24) is 4.98 Å². The maximum Gasteiger partial charge on any atom is 0.0953 e. The zero-order chi connectivity index (χ0) is 13.7. The smallest absolute Gasteiger partial charge is 0.0953 e. The van der Waals surface area contributed by atoms with Crippen molar-refractivity contribution in [2.24, 2.45) is 5.92 Å². The summed E-state index contributed by atoms with van der Waals surface area (Å²) in [6.07, 6.45) is 5.80. The first-order valence-electron chi connectivity index (χ1n) is 7.23. The molecule has 1 heterocycles. The highest BCUT2D eigenvalue weighted by Crippen LogP contribution is 2.28. The van der Waals surface area contributed by atoms with E-state index in [0.717, 1.165) is 11.9 Å². The highest BCUT2D eigenvalue weighted by Gasteiger charge is 2.19. The minimum absolute atomic E-state index is 0.223. The predicted octanol–water partition coefficient (Wildman–Crippen LogP) is 5.66. The molecule has 2 rings (SSSR count). The third-order valence-corrected chi connectivity index (χ3v) is 5.11. The molecular weight excluding hydrogens is 274 g/mol. The van der Waals surface area contributed by atoms with Crippen LogP contribution in [0.1, 0.15) is 44.5 Å². The molecule has 0 saturated carbocycles. The SMILES string of the molecule is CCCC(CCC)C(Cl)Cc1nc2ccccc2s1. The van der Waals surface area contributed by atoms with E-state index in [1.807, 2.05) is 6.07 Å². The zero-order valence-electron chi connectivity index (χ0n) is 11.7. The summed E-state index contributed by atoms with van der Waals surface area (Å²) in [6.45, 7) is 4.48. The van der Waals surface area contributed by atoms with Gasteiger partial charge >= 0.3 is 0 Å². The van der Waals surface area contributed by atoms with Crippen LogP contribution in [0.5, 0.6) is 0 Å². The number of rotatable bonds is 7. The Bertz CT molecular complexity index is 469. The lowest BCUT2D eigenvalue weighted by molar-refractivity contribution is 0.418. The van der Waals surface area contributed by atoms with E-state index < -0.39 is 0 Å². The number of thiazole rings is 1. The summed E-state index contributed by atoms with van der Waals surface area (Å²) in [4.78, 5) is 4.69. The van der Waals surface area contributed by atoms with Crippen molar-refractivity contribution in [1.29, 1.82) is 0 Å². The van der Waals surface area contributed by atoms with Crippen LogP contribution in [0.4, 0.5) is 0 Å². The summed E-state index contributed by atoms with van der Waals surface area (Å²) in [5, 5.41) is 1.40. The number of hydrogen-bond acceptors (Lipinski definition) is 2. The van der Waals surface area contributed by atoms with Gasteiger partial charge in [0.15, 0.2) is 0 Å². The Morgan fingerprint density at radius 2 is 1.84 bits per heavy atom. The lowest BCUT2D eigenvalue weighted by atomic mass is 9.93. The van der Waals surface area contributed by atoms with Crippen molar-refractivity contribution in [3.63, 3.8) is 0 Å². The molecular formula is C16H22ClNS. The Morgan fingerprint density at radius 3 is 2.47 bits per heavy atom. The Balaban J connectivity index is 2.05. The number of fused-ring (bicyclic) bond motifs is 1. The molecule has 0 radical (unpaired) electrons. The molecule has 1 nitrogen and oxygen atoms in total. The first-order valence-corrected chi connectivity index (χ1v) is 8.48. The van der Waals surface area contributed by atoms with E-state index in [1.165, 1.54) is 35.4 Å². The van der Waals surface area contributed by atoms with Gasteiger partial charge in [0.1, 0.15) is 0 Å². The fourth-order valence-corrected chi connectivity index (χ4v) is 4.10. The lowest BCUT2D eigenvalue weighted by Crippen LogP contribution is -2.17. The fraction of sp³-hybridized carbons (Fsp3) is 0.562. The Morgan fingerprint density at radius 1 is 1.16 bits per heavy atom. The van der Waals surface area contributed by atoms with Gasteiger partial charge in [-0.15, -0.1) is 22.9 Å². The van der Waals surface area contributed by atoms with Crippen LogP contribution in [0, 0.1) is 5.92 Å². The van der Waals surface area contributed by atoms with Crippen molar-refractivity contribution >= 4 is 33.2 Å². The first kappa shape index (κ1) is 14.8. The highest BCUT2D eigenvalue weighted by atomic mass is 35.5. The molecule has 3 heteroatoms. The fourth-order valence-electron chi connectivity index (χ4n) is 2.59. The molecule has 0 spiro atoms. The van der Waals surface area contributed by atoms with Crippen LogP contribution in [-0.2, 0) is 6.42 Å². The average Bonchev–Trinajstić information content (AvgIpc) is 2.80. The molecule has 0 aliphatic heterocycles. The van der Waals surface area contributed by atoms with Gasteiger partial charge in [-0.25, -0.2) is 4.98 Å². The zero-order valence-corrected chi connectivity index (χ0v) is 13.3. The monoisotopic (exact) mass is 295 g/mol. The molecule has 0 bridgehead atoms. The molecule has 0 saturated heterocycles. The molecule has 0 amide bonds. The molecule has 2 aromatic rings.